The average Bonchev–Trinajstić information content (AvgIpc) is 3.10. The second-order valence-corrected chi connectivity index (χ2v) is 7.23. The van der Waals surface area contributed by atoms with Gasteiger partial charge in [0.25, 0.3) is 5.69 Å². The van der Waals surface area contributed by atoms with Crippen LogP contribution in [0.15, 0.2) is 59.8 Å². The lowest BCUT2D eigenvalue weighted by Gasteiger charge is -2.11. The van der Waals surface area contributed by atoms with E-state index < -0.39 is 4.92 Å². The molecule has 1 heterocycles. The lowest BCUT2D eigenvalue weighted by atomic mass is 10.2. The molecule has 0 aliphatic rings. The summed E-state index contributed by atoms with van der Waals surface area (Å²) in [6, 6.07) is 15.7. The van der Waals surface area contributed by atoms with Gasteiger partial charge in [-0.05, 0) is 38.1 Å². The van der Waals surface area contributed by atoms with E-state index in [-0.39, 0.29) is 23.4 Å². The first kappa shape index (κ1) is 19.6. The summed E-state index contributed by atoms with van der Waals surface area (Å²) in [5.41, 5.74) is 1.54. The van der Waals surface area contributed by atoms with Crippen molar-refractivity contribution in [1.29, 1.82) is 0 Å². The standard InChI is InChI=1S/C19H19N5O3S/c1-13(2)20-17(25)12-28-19-22-21-18(23(19)15-6-4-3-5-7-15)14-8-10-16(11-9-14)24(26)27/h3-11,13H,12H2,1-2H3,(H,20,25). The van der Waals surface area contributed by atoms with Gasteiger partial charge in [-0.3, -0.25) is 19.5 Å². The van der Waals surface area contributed by atoms with Gasteiger partial charge >= 0.3 is 0 Å². The van der Waals surface area contributed by atoms with E-state index in [2.05, 4.69) is 15.5 Å². The van der Waals surface area contributed by atoms with Crippen molar-refractivity contribution in [3.05, 3.63) is 64.7 Å². The van der Waals surface area contributed by atoms with Crippen LogP contribution < -0.4 is 5.32 Å². The highest BCUT2D eigenvalue weighted by molar-refractivity contribution is 7.99. The fourth-order valence-electron chi connectivity index (χ4n) is 2.59. The minimum Gasteiger partial charge on any atom is -0.353 e. The van der Waals surface area contributed by atoms with E-state index >= 15 is 0 Å². The lowest BCUT2D eigenvalue weighted by Crippen LogP contribution is -2.31. The number of nitrogens with zero attached hydrogens (tertiary/aromatic N) is 4. The minimum absolute atomic E-state index is 0.00878. The highest BCUT2D eigenvalue weighted by Gasteiger charge is 2.18. The molecule has 2 aromatic carbocycles. The minimum atomic E-state index is -0.444. The molecule has 0 aliphatic carbocycles. The molecule has 0 spiro atoms. The van der Waals surface area contributed by atoms with E-state index in [4.69, 9.17) is 0 Å². The molecular weight excluding hydrogens is 378 g/mol. The molecule has 0 radical (unpaired) electrons. The fourth-order valence-corrected chi connectivity index (χ4v) is 3.35. The number of non-ortho nitro benzene ring substituents is 1. The first-order valence-electron chi connectivity index (χ1n) is 8.63. The van der Waals surface area contributed by atoms with Gasteiger partial charge < -0.3 is 5.32 Å². The Morgan fingerprint density at radius 3 is 2.43 bits per heavy atom. The molecule has 3 aromatic rings. The molecule has 0 unspecified atom stereocenters. The van der Waals surface area contributed by atoms with Crippen LogP contribution in [0.3, 0.4) is 0 Å². The van der Waals surface area contributed by atoms with E-state index in [0.29, 0.717) is 16.5 Å². The summed E-state index contributed by atoms with van der Waals surface area (Å²) in [6.45, 7) is 3.81. The van der Waals surface area contributed by atoms with Crippen molar-refractivity contribution in [1.82, 2.24) is 20.1 Å². The Labute approximate surface area is 166 Å². The van der Waals surface area contributed by atoms with Crippen LogP contribution in [0.2, 0.25) is 0 Å². The van der Waals surface area contributed by atoms with E-state index in [1.165, 1.54) is 23.9 Å². The number of aromatic nitrogens is 3. The van der Waals surface area contributed by atoms with Crippen molar-refractivity contribution >= 4 is 23.4 Å². The number of para-hydroxylation sites is 1. The second-order valence-electron chi connectivity index (χ2n) is 6.29. The van der Waals surface area contributed by atoms with Crippen LogP contribution in [0.5, 0.6) is 0 Å². The van der Waals surface area contributed by atoms with E-state index in [0.717, 1.165) is 5.69 Å². The molecule has 0 atom stereocenters. The first-order chi connectivity index (χ1) is 13.5. The number of hydrogen-bond donors (Lipinski definition) is 1. The fraction of sp³-hybridized carbons (Fsp3) is 0.211. The topological polar surface area (TPSA) is 103 Å². The van der Waals surface area contributed by atoms with Crippen LogP contribution in [-0.2, 0) is 4.79 Å². The van der Waals surface area contributed by atoms with Crippen molar-refractivity contribution in [3.63, 3.8) is 0 Å². The van der Waals surface area contributed by atoms with Crippen LogP contribution in [0.1, 0.15) is 13.8 Å². The normalized spacial score (nSPS) is 10.8. The predicted molar refractivity (Wildman–Crippen MR) is 107 cm³/mol. The zero-order valence-electron chi connectivity index (χ0n) is 15.4. The summed E-state index contributed by atoms with van der Waals surface area (Å²) >= 11 is 1.28. The molecule has 8 nitrogen and oxygen atoms in total. The zero-order valence-corrected chi connectivity index (χ0v) is 16.2. The number of hydrogen-bond acceptors (Lipinski definition) is 6. The van der Waals surface area contributed by atoms with Crippen molar-refractivity contribution in [3.8, 4) is 17.1 Å². The molecule has 0 saturated heterocycles. The third-order valence-electron chi connectivity index (χ3n) is 3.77. The molecule has 0 bridgehead atoms. The molecule has 144 valence electrons. The molecule has 1 amide bonds. The number of thioether (sulfide) groups is 1. The van der Waals surface area contributed by atoms with Gasteiger partial charge in [0, 0.05) is 29.4 Å². The lowest BCUT2D eigenvalue weighted by molar-refractivity contribution is -0.384. The predicted octanol–water partition coefficient (Wildman–Crippen LogP) is 3.46. The molecule has 1 aromatic heterocycles. The SMILES string of the molecule is CC(C)NC(=O)CSc1nnc(-c2ccc([N+](=O)[O-])cc2)n1-c1ccccc1. The van der Waals surface area contributed by atoms with Crippen molar-refractivity contribution in [2.45, 2.75) is 25.0 Å². The summed E-state index contributed by atoms with van der Waals surface area (Å²) in [5.74, 6) is 0.677. The maximum absolute atomic E-state index is 12.0. The number of amides is 1. The highest BCUT2D eigenvalue weighted by atomic mass is 32.2. The first-order valence-corrected chi connectivity index (χ1v) is 9.62. The summed E-state index contributed by atoms with van der Waals surface area (Å²) < 4.78 is 1.84. The summed E-state index contributed by atoms with van der Waals surface area (Å²) in [7, 11) is 0. The second kappa shape index (κ2) is 8.66. The van der Waals surface area contributed by atoms with Gasteiger partial charge in [-0.2, -0.15) is 0 Å². The highest BCUT2D eigenvalue weighted by Crippen LogP contribution is 2.28. The third-order valence-corrected chi connectivity index (χ3v) is 4.70. The molecule has 3 rings (SSSR count). The molecule has 9 heteroatoms. The summed E-state index contributed by atoms with van der Waals surface area (Å²) in [6.07, 6.45) is 0. The smallest absolute Gasteiger partial charge is 0.269 e. The van der Waals surface area contributed by atoms with Crippen LogP contribution in [0, 0.1) is 10.1 Å². The Hall–Kier alpha value is -3.20. The molecular formula is C19H19N5O3S. The number of rotatable bonds is 7. The number of carbonyl (C=O) groups excluding carboxylic acids is 1. The van der Waals surface area contributed by atoms with Crippen molar-refractivity contribution < 1.29 is 9.72 Å². The van der Waals surface area contributed by atoms with E-state index in [9.17, 15) is 14.9 Å². The van der Waals surface area contributed by atoms with Gasteiger partial charge in [-0.1, -0.05) is 30.0 Å². The average molecular weight is 397 g/mol. The number of nitrogens with one attached hydrogen (secondary N) is 1. The third kappa shape index (κ3) is 4.55. The van der Waals surface area contributed by atoms with Crippen molar-refractivity contribution in [2.24, 2.45) is 0 Å². The summed E-state index contributed by atoms with van der Waals surface area (Å²) in [4.78, 5) is 22.5. The van der Waals surface area contributed by atoms with Crippen LogP contribution in [0.25, 0.3) is 17.1 Å². The van der Waals surface area contributed by atoms with Gasteiger partial charge in [-0.25, -0.2) is 0 Å². The maximum Gasteiger partial charge on any atom is 0.269 e. The van der Waals surface area contributed by atoms with Gasteiger partial charge in [0.1, 0.15) is 0 Å². The number of carbonyl (C=O) groups is 1. The van der Waals surface area contributed by atoms with E-state index in [1.54, 1.807) is 12.1 Å². The number of nitro groups is 1. The van der Waals surface area contributed by atoms with Crippen molar-refractivity contribution in [2.75, 3.05) is 5.75 Å². The summed E-state index contributed by atoms with van der Waals surface area (Å²) in [5, 5.41) is 22.8. The Bertz CT molecular complexity index is 971. The molecule has 1 N–H and O–H groups in total. The monoisotopic (exact) mass is 397 g/mol. The van der Waals surface area contributed by atoms with E-state index in [1.807, 2.05) is 48.7 Å². The quantitative estimate of drug-likeness (QED) is 0.372. The Morgan fingerprint density at radius 2 is 1.82 bits per heavy atom. The molecule has 28 heavy (non-hydrogen) atoms. The molecule has 0 aliphatic heterocycles. The molecule has 0 saturated carbocycles. The van der Waals surface area contributed by atoms with Crippen LogP contribution in [0.4, 0.5) is 5.69 Å². The van der Waals surface area contributed by atoms with Gasteiger partial charge in [0.15, 0.2) is 11.0 Å². The number of nitro benzene ring substituents is 1. The van der Waals surface area contributed by atoms with Crippen LogP contribution in [-0.4, -0.2) is 37.4 Å². The maximum atomic E-state index is 12.0. The van der Waals surface area contributed by atoms with Crippen LogP contribution >= 0.6 is 11.8 Å². The van der Waals surface area contributed by atoms with Gasteiger partial charge in [0.2, 0.25) is 5.91 Å². The zero-order chi connectivity index (χ0) is 20.1. The molecule has 0 fully saturated rings. The Morgan fingerprint density at radius 1 is 1.14 bits per heavy atom. The van der Waals surface area contributed by atoms with Gasteiger partial charge in [0.05, 0.1) is 10.7 Å². The largest absolute Gasteiger partial charge is 0.353 e. The Kier molecular flexibility index (Phi) is 6.05. The number of benzene rings is 2. The Balaban J connectivity index is 1.95. The van der Waals surface area contributed by atoms with Gasteiger partial charge in [-0.15, -0.1) is 10.2 Å².